The van der Waals surface area contributed by atoms with E-state index in [0.29, 0.717) is 54.6 Å². The number of hydrogen-bond donors (Lipinski definition) is 1. The Labute approximate surface area is 234 Å². The number of methoxy groups -OCH3 is 1. The van der Waals surface area contributed by atoms with Crippen molar-refractivity contribution in [1.29, 1.82) is 0 Å². The van der Waals surface area contributed by atoms with Crippen LogP contribution in [0.4, 0.5) is 0 Å². The molecule has 8 nitrogen and oxygen atoms in total. The number of aliphatic hydroxyl groups excluding tert-OH is 1. The normalized spacial score (nSPS) is 19.1. The van der Waals surface area contributed by atoms with Gasteiger partial charge in [0.1, 0.15) is 23.0 Å². The third kappa shape index (κ3) is 5.88. The van der Waals surface area contributed by atoms with Crippen LogP contribution in [0.15, 0.2) is 78.4 Å². The van der Waals surface area contributed by atoms with Gasteiger partial charge >= 0.3 is 0 Å². The van der Waals surface area contributed by atoms with E-state index in [1.807, 2.05) is 61.5 Å². The van der Waals surface area contributed by atoms with Crippen molar-refractivity contribution in [1.82, 2.24) is 9.80 Å². The number of ketones is 1. The number of ether oxygens (including phenoxy) is 3. The fourth-order valence-corrected chi connectivity index (χ4v) is 5.30. The summed E-state index contributed by atoms with van der Waals surface area (Å²) in [4.78, 5) is 30.7. The molecule has 1 amide bonds. The molecule has 0 bridgehead atoms. The molecule has 0 spiro atoms. The number of benzene rings is 3. The van der Waals surface area contributed by atoms with Gasteiger partial charge in [0, 0.05) is 31.7 Å². The summed E-state index contributed by atoms with van der Waals surface area (Å²) in [5, 5.41) is 11.5. The maximum absolute atomic E-state index is 13.5. The van der Waals surface area contributed by atoms with Gasteiger partial charge in [-0.15, -0.1) is 0 Å². The van der Waals surface area contributed by atoms with Gasteiger partial charge in [-0.3, -0.25) is 14.5 Å². The van der Waals surface area contributed by atoms with Crippen molar-refractivity contribution < 1.29 is 28.9 Å². The molecular formula is C32H34N2O6. The van der Waals surface area contributed by atoms with Crippen LogP contribution in [0.2, 0.25) is 0 Å². The topological polar surface area (TPSA) is 88.5 Å². The number of nitrogens with zero attached hydrogens (tertiary/aromatic N) is 2. The summed E-state index contributed by atoms with van der Waals surface area (Å²) in [5.41, 5.74) is 2.01. The molecule has 0 unspecified atom stereocenters. The molecule has 3 aromatic carbocycles. The van der Waals surface area contributed by atoms with Crippen molar-refractivity contribution >= 4 is 17.4 Å². The van der Waals surface area contributed by atoms with E-state index in [0.717, 1.165) is 25.2 Å². The highest BCUT2D eigenvalue weighted by atomic mass is 16.5. The number of likely N-dealkylation sites (tertiary alicyclic amines) is 1. The Morgan fingerprint density at radius 2 is 1.70 bits per heavy atom. The van der Waals surface area contributed by atoms with E-state index in [-0.39, 0.29) is 11.3 Å². The van der Waals surface area contributed by atoms with Crippen LogP contribution in [0, 0.1) is 6.92 Å². The molecule has 0 aliphatic carbocycles. The number of carbonyl (C=O) groups excluding carboxylic acids is 2. The monoisotopic (exact) mass is 542 g/mol. The number of rotatable bonds is 9. The summed E-state index contributed by atoms with van der Waals surface area (Å²) >= 11 is 0. The number of aliphatic hydroxyl groups is 1. The first-order chi connectivity index (χ1) is 19.5. The molecule has 208 valence electrons. The smallest absolute Gasteiger partial charge is 0.295 e. The van der Waals surface area contributed by atoms with Gasteiger partial charge in [0.05, 0.1) is 31.9 Å². The fraction of sp³-hybridized carbons (Fsp3) is 0.312. The minimum absolute atomic E-state index is 0.0674. The lowest BCUT2D eigenvalue weighted by molar-refractivity contribution is -0.140. The van der Waals surface area contributed by atoms with Gasteiger partial charge in [-0.1, -0.05) is 30.3 Å². The van der Waals surface area contributed by atoms with Crippen LogP contribution >= 0.6 is 0 Å². The van der Waals surface area contributed by atoms with Crippen molar-refractivity contribution in [3.63, 3.8) is 0 Å². The molecule has 3 aromatic rings. The van der Waals surface area contributed by atoms with Crippen molar-refractivity contribution in [3.05, 3.63) is 95.1 Å². The summed E-state index contributed by atoms with van der Waals surface area (Å²) in [6, 6.07) is 21.2. The molecule has 2 aliphatic rings. The molecule has 1 atom stereocenters. The molecule has 8 heteroatoms. The highest BCUT2D eigenvalue weighted by Crippen LogP contribution is 2.41. The Hall–Kier alpha value is -4.14. The number of hydrogen-bond acceptors (Lipinski definition) is 7. The van der Waals surface area contributed by atoms with E-state index in [1.165, 1.54) is 0 Å². The molecule has 40 heavy (non-hydrogen) atoms. The standard InChI is InChI=1S/C32H34N2O6/c1-22-20-24(12-13-27(22)38-2)30(35)28-29(23-8-6-11-26(21-23)40-25-9-4-3-5-10-25)34(32(37)31(28)36)15-7-14-33-16-18-39-19-17-33/h3-6,8-13,20-21,29,35H,7,14-19H2,1-2H3/b30-28+/t29-/m1/s1. The highest BCUT2D eigenvalue weighted by molar-refractivity contribution is 6.46. The second-order valence-corrected chi connectivity index (χ2v) is 9.97. The van der Waals surface area contributed by atoms with Gasteiger partial charge in [0.15, 0.2) is 0 Å². The third-order valence-corrected chi connectivity index (χ3v) is 7.34. The Bertz CT molecular complexity index is 1400. The minimum Gasteiger partial charge on any atom is -0.507 e. The first kappa shape index (κ1) is 27.4. The Morgan fingerprint density at radius 3 is 2.42 bits per heavy atom. The number of carbonyl (C=O) groups is 2. The Balaban J connectivity index is 1.51. The predicted molar refractivity (Wildman–Crippen MR) is 152 cm³/mol. The molecule has 2 saturated heterocycles. The zero-order valence-electron chi connectivity index (χ0n) is 22.8. The number of para-hydroxylation sites is 1. The summed E-state index contributed by atoms with van der Waals surface area (Å²) in [6.07, 6.45) is 0.686. The van der Waals surface area contributed by atoms with Crippen molar-refractivity contribution in [2.24, 2.45) is 0 Å². The van der Waals surface area contributed by atoms with Gasteiger partial charge in [-0.05, 0) is 66.9 Å². The zero-order chi connectivity index (χ0) is 28.1. The second kappa shape index (κ2) is 12.4. The quantitative estimate of drug-likeness (QED) is 0.233. The second-order valence-electron chi connectivity index (χ2n) is 9.97. The predicted octanol–water partition coefficient (Wildman–Crippen LogP) is 4.94. The lowest BCUT2D eigenvalue weighted by atomic mass is 9.94. The first-order valence-corrected chi connectivity index (χ1v) is 13.5. The Morgan fingerprint density at radius 1 is 0.950 bits per heavy atom. The molecule has 1 N–H and O–H groups in total. The van der Waals surface area contributed by atoms with Gasteiger partial charge < -0.3 is 24.2 Å². The average Bonchev–Trinajstić information content (AvgIpc) is 3.23. The van der Waals surface area contributed by atoms with Crippen LogP contribution in [0.25, 0.3) is 5.76 Å². The van der Waals surface area contributed by atoms with E-state index in [9.17, 15) is 14.7 Å². The number of amides is 1. The largest absolute Gasteiger partial charge is 0.507 e. The van der Waals surface area contributed by atoms with Crippen LogP contribution in [0.3, 0.4) is 0 Å². The fourth-order valence-electron chi connectivity index (χ4n) is 5.30. The summed E-state index contributed by atoms with van der Waals surface area (Å²) < 4.78 is 16.8. The van der Waals surface area contributed by atoms with Gasteiger partial charge in [-0.2, -0.15) is 0 Å². The van der Waals surface area contributed by atoms with E-state index in [2.05, 4.69) is 4.90 Å². The highest BCUT2D eigenvalue weighted by Gasteiger charge is 2.46. The molecule has 2 heterocycles. The van der Waals surface area contributed by atoms with Crippen molar-refractivity contribution in [2.75, 3.05) is 46.5 Å². The first-order valence-electron chi connectivity index (χ1n) is 13.5. The molecule has 0 saturated carbocycles. The van der Waals surface area contributed by atoms with Crippen molar-refractivity contribution in [3.8, 4) is 17.2 Å². The molecule has 0 radical (unpaired) electrons. The molecular weight excluding hydrogens is 508 g/mol. The summed E-state index contributed by atoms with van der Waals surface area (Å²) in [7, 11) is 1.58. The lowest BCUT2D eigenvalue weighted by Gasteiger charge is -2.29. The summed E-state index contributed by atoms with van der Waals surface area (Å²) in [5.74, 6) is 0.391. The number of Topliss-reactive ketones (excluding diaryl/α,β-unsaturated/α-hetero) is 1. The molecule has 2 aliphatic heterocycles. The van der Waals surface area contributed by atoms with E-state index >= 15 is 0 Å². The number of aryl methyl sites for hydroxylation is 1. The maximum atomic E-state index is 13.5. The van der Waals surface area contributed by atoms with E-state index in [4.69, 9.17) is 14.2 Å². The molecule has 2 fully saturated rings. The van der Waals surface area contributed by atoms with E-state index in [1.54, 1.807) is 30.2 Å². The number of morpholine rings is 1. The molecule has 0 aromatic heterocycles. The van der Waals surface area contributed by atoms with Crippen LogP contribution in [-0.4, -0.2) is 73.1 Å². The van der Waals surface area contributed by atoms with Crippen LogP contribution in [0.1, 0.15) is 29.2 Å². The minimum atomic E-state index is -0.758. The summed E-state index contributed by atoms with van der Waals surface area (Å²) in [6.45, 7) is 6.10. The van der Waals surface area contributed by atoms with Crippen molar-refractivity contribution in [2.45, 2.75) is 19.4 Å². The van der Waals surface area contributed by atoms with E-state index < -0.39 is 17.7 Å². The third-order valence-electron chi connectivity index (χ3n) is 7.34. The Kier molecular flexibility index (Phi) is 8.48. The van der Waals surface area contributed by atoms with Crippen LogP contribution in [-0.2, 0) is 14.3 Å². The maximum Gasteiger partial charge on any atom is 0.295 e. The van der Waals surface area contributed by atoms with Crippen LogP contribution in [0.5, 0.6) is 17.2 Å². The molecule has 5 rings (SSSR count). The van der Waals surface area contributed by atoms with Crippen LogP contribution < -0.4 is 9.47 Å². The van der Waals surface area contributed by atoms with Gasteiger partial charge in [0.2, 0.25) is 0 Å². The lowest BCUT2D eigenvalue weighted by Crippen LogP contribution is -2.38. The average molecular weight is 543 g/mol. The SMILES string of the molecule is COc1ccc(/C(O)=C2\C(=O)C(=O)N(CCCN3CCOCC3)[C@@H]2c2cccc(Oc3ccccc3)c2)cc1C. The van der Waals surface area contributed by atoms with Gasteiger partial charge in [0.25, 0.3) is 11.7 Å². The zero-order valence-corrected chi connectivity index (χ0v) is 22.8. The van der Waals surface area contributed by atoms with Gasteiger partial charge in [-0.25, -0.2) is 0 Å².